The van der Waals surface area contributed by atoms with E-state index in [2.05, 4.69) is 15.5 Å². The average molecular weight is 259 g/mol. The van der Waals surface area contributed by atoms with E-state index in [1.165, 1.54) is 0 Å². The number of nitrogens with one attached hydrogen (secondary N) is 1. The van der Waals surface area contributed by atoms with Crippen molar-refractivity contribution in [3.8, 4) is 5.69 Å². The lowest BCUT2D eigenvalue weighted by Gasteiger charge is -2.12. The summed E-state index contributed by atoms with van der Waals surface area (Å²) < 4.78 is 1.78. The first-order chi connectivity index (χ1) is 9.20. The van der Waals surface area contributed by atoms with Crippen LogP contribution in [-0.4, -0.2) is 27.2 Å². The Morgan fingerprint density at radius 2 is 2.16 bits per heavy atom. The second kappa shape index (κ2) is 6.10. The first-order valence-electron chi connectivity index (χ1n) is 6.16. The van der Waals surface area contributed by atoms with E-state index < -0.39 is 0 Å². The summed E-state index contributed by atoms with van der Waals surface area (Å²) in [6.45, 7) is 2.38. The van der Waals surface area contributed by atoms with Crippen LogP contribution in [0.15, 0.2) is 36.9 Å². The van der Waals surface area contributed by atoms with Gasteiger partial charge in [0, 0.05) is 11.6 Å². The normalized spacial score (nSPS) is 12.1. The zero-order valence-corrected chi connectivity index (χ0v) is 10.8. The standard InChI is InChI=1S/C13H17N5O/c1-10(5-6-14)13(19)17-11-3-2-4-12(7-11)18-8-15-16-9-18/h2-4,7-10H,5-6,14H2,1H3,(H,17,19). The molecule has 0 saturated carbocycles. The Balaban J connectivity index is 2.09. The molecule has 2 rings (SSSR count). The van der Waals surface area contributed by atoms with Gasteiger partial charge in [-0.3, -0.25) is 9.36 Å². The van der Waals surface area contributed by atoms with Crippen molar-refractivity contribution in [2.24, 2.45) is 11.7 Å². The molecule has 100 valence electrons. The van der Waals surface area contributed by atoms with Crippen molar-refractivity contribution < 1.29 is 4.79 Å². The number of amides is 1. The van der Waals surface area contributed by atoms with Crippen molar-refractivity contribution in [1.82, 2.24) is 14.8 Å². The van der Waals surface area contributed by atoms with Gasteiger partial charge in [-0.05, 0) is 31.2 Å². The maximum atomic E-state index is 11.9. The average Bonchev–Trinajstić information content (AvgIpc) is 2.93. The molecule has 3 N–H and O–H groups in total. The molecule has 1 unspecified atom stereocenters. The van der Waals surface area contributed by atoms with E-state index in [-0.39, 0.29) is 11.8 Å². The van der Waals surface area contributed by atoms with Crippen LogP contribution in [0.3, 0.4) is 0 Å². The van der Waals surface area contributed by atoms with E-state index in [0.717, 1.165) is 11.4 Å². The highest BCUT2D eigenvalue weighted by Gasteiger charge is 2.12. The van der Waals surface area contributed by atoms with E-state index in [0.29, 0.717) is 13.0 Å². The third kappa shape index (κ3) is 3.38. The van der Waals surface area contributed by atoms with Crippen molar-refractivity contribution in [3.05, 3.63) is 36.9 Å². The van der Waals surface area contributed by atoms with E-state index in [9.17, 15) is 4.79 Å². The summed E-state index contributed by atoms with van der Waals surface area (Å²) in [5.74, 6) is -0.116. The summed E-state index contributed by atoms with van der Waals surface area (Å²) in [5, 5.41) is 10.4. The monoisotopic (exact) mass is 259 g/mol. The Hall–Kier alpha value is -2.21. The van der Waals surface area contributed by atoms with Gasteiger partial charge in [-0.15, -0.1) is 10.2 Å². The zero-order valence-electron chi connectivity index (χ0n) is 10.8. The van der Waals surface area contributed by atoms with Crippen LogP contribution in [0.4, 0.5) is 5.69 Å². The molecule has 0 spiro atoms. The molecule has 0 bridgehead atoms. The number of rotatable bonds is 5. The zero-order chi connectivity index (χ0) is 13.7. The van der Waals surface area contributed by atoms with Crippen molar-refractivity contribution in [2.75, 3.05) is 11.9 Å². The molecule has 1 heterocycles. The molecule has 1 atom stereocenters. The van der Waals surface area contributed by atoms with Crippen molar-refractivity contribution >= 4 is 11.6 Å². The number of carbonyl (C=O) groups is 1. The number of anilines is 1. The SMILES string of the molecule is CC(CCN)C(=O)Nc1cccc(-n2cnnc2)c1. The lowest BCUT2D eigenvalue weighted by atomic mass is 10.1. The van der Waals surface area contributed by atoms with Gasteiger partial charge in [0.15, 0.2) is 0 Å². The molecule has 0 aliphatic rings. The summed E-state index contributed by atoms with van der Waals surface area (Å²) >= 11 is 0. The van der Waals surface area contributed by atoms with Crippen LogP contribution in [0.5, 0.6) is 0 Å². The Morgan fingerprint density at radius 3 is 2.84 bits per heavy atom. The number of aromatic nitrogens is 3. The minimum absolute atomic E-state index is 0.0219. The molecule has 6 heteroatoms. The van der Waals surface area contributed by atoms with E-state index in [4.69, 9.17) is 5.73 Å². The highest BCUT2D eigenvalue weighted by Crippen LogP contribution is 2.15. The van der Waals surface area contributed by atoms with Crippen molar-refractivity contribution in [3.63, 3.8) is 0 Å². The maximum absolute atomic E-state index is 11.9. The van der Waals surface area contributed by atoms with E-state index >= 15 is 0 Å². The van der Waals surface area contributed by atoms with Gasteiger partial charge in [0.25, 0.3) is 0 Å². The molecule has 0 radical (unpaired) electrons. The lowest BCUT2D eigenvalue weighted by molar-refractivity contribution is -0.119. The number of hydrogen-bond acceptors (Lipinski definition) is 4. The molecule has 2 aromatic rings. The predicted molar refractivity (Wildman–Crippen MR) is 72.8 cm³/mol. The molecule has 1 aromatic carbocycles. The predicted octanol–water partition coefficient (Wildman–Crippen LogP) is 1.19. The highest BCUT2D eigenvalue weighted by molar-refractivity contribution is 5.92. The van der Waals surface area contributed by atoms with Crippen LogP contribution in [0.2, 0.25) is 0 Å². The van der Waals surface area contributed by atoms with Crippen LogP contribution in [0, 0.1) is 5.92 Å². The maximum Gasteiger partial charge on any atom is 0.227 e. The third-order valence-corrected chi connectivity index (χ3v) is 2.88. The molecule has 1 aromatic heterocycles. The molecular weight excluding hydrogens is 242 g/mol. The fraction of sp³-hybridized carbons (Fsp3) is 0.308. The molecule has 0 aliphatic carbocycles. The van der Waals surface area contributed by atoms with E-state index in [1.54, 1.807) is 17.2 Å². The molecule has 6 nitrogen and oxygen atoms in total. The fourth-order valence-corrected chi connectivity index (χ4v) is 1.72. The van der Waals surface area contributed by atoms with Gasteiger partial charge in [-0.25, -0.2) is 0 Å². The molecule has 0 fully saturated rings. The summed E-state index contributed by atoms with van der Waals surface area (Å²) in [5.41, 5.74) is 7.10. The van der Waals surface area contributed by atoms with E-state index in [1.807, 2.05) is 31.2 Å². The molecule has 0 saturated heterocycles. The van der Waals surface area contributed by atoms with Crippen LogP contribution in [0.1, 0.15) is 13.3 Å². The summed E-state index contributed by atoms with van der Waals surface area (Å²) in [4.78, 5) is 11.9. The van der Waals surface area contributed by atoms with Crippen LogP contribution >= 0.6 is 0 Å². The minimum Gasteiger partial charge on any atom is -0.330 e. The topological polar surface area (TPSA) is 85.8 Å². The smallest absolute Gasteiger partial charge is 0.227 e. The second-order valence-corrected chi connectivity index (χ2v) is 4.39. The summed E-state index contributed by atoms with van der Waals surface area (Å²) in [6, 6.07) is 7.51. The number of carbonyl (C=O) groups excluding carboxylic acids is 1. The number of nitrogens with two attached hydrogens (primary N) is 1. The van der Waals surface area contributed by atoms with Gasteiger partial charge in [-0.1, -0.05) is 13.0 Å². The molecule has 0 aliphatic heterocycles. The van der Waals surface area contributed by atoms with Gasteiger partial charge in [0.2, 0.25) is 5.91 Å². The van der Waals surface area contributed by atoms with Gasteiger partial charge in [0.05, 0.1) is 5.69 Å². The first kappa shape index (κ1) is 13.2. The van der Waals surface area contributed by atoms with Gasteiger partial charge in [0.1, 0.15) is 12.7 Å². The van der Waals surface area contributed by atoms with Crippen LogP contribution < -0.4 is 11.1 Å². The quantitative estimate of drug-likeness (QED) is 0.844. The van der Waals surface area contributed by atoms with Gasteiger partial charge < -0.3 is 11.1 Å². The van der Waals surface area contributed by atoms with Crippen LogP contribution in [-0.2, 0) is 4.79 Å². The van der Waals surface area contributed by atoms with Crippen molar-refractivity contribution in [1.29, 1.82) is 0 Å². The first-order valence-corrected chi connectivity index (χ1v) is 6.16. The molecular formula is C13H17N5O. The summed E-state index contributed by atoms with van der Waals surface area (Å²) in [7, 11) is 0. The summed E-state index contributed by atoms with van der Waals surface area (Å²) in [6.07, 6.45) is 3.90. The van der Waals surface area contributed by atoms with Gasteiger partial charge in [-0.2, -0.15) is 0 Å². The Morgan fingerprint density at radius 1 is 1.42 bits per heavy atom. The Labute approximate surface area is 111 Å². The third-order valence-electron chi connectivity index (χ3n) is 2.88. The van der Waals surface area contributed by atoms with Crippen molar-refractivity contribution in [2.45, 2.75) is 13.3 Å². The number of nitrogens with zero attached hydrogens (tertiary/aromatic N) is 3. The number of hydrogen-bond donors (Lipinski definition) is 2. The minimum atomic E-state index is -0.0939. The highest BCUT2D eigenvalue weighted by atomic mass is 16.1. The van der Waals surface area contributed by atoms with Crippen LogP contribution in [0.25, 0.3) is 5.69 Å². The largest absolute Gasteiger partial charge is 0.330 e. The second-order valence-electron chi connectivity index (χ2n) is 4.39. The lowest BCUT2D eigenvalue weighted by Crippen LogP contribution is -2.22. The molecule has 19 heavy (non-hydrogen) atoms. The molecule has 1 amide bonds. The Bertz CT molecular complexity index is 538. The van der Waals surface area contributed by atoms with Gasteiger partial charge >= 0.3 is 0 Å². The number of benzene rings is 1. The Kier molecular flexibility index (Phi) is 4.25. The fourth-order valence-electron chi connectivity index (χ4n) is 1.72.